The molecule has 0 unspecified atom stereocenters. The van der Waals surface area contributed by atoms with Crippen molar-refractivity contribution in [1.82, 2.24) is 10.2 Å². The predicted octanol–water partition coefficient (Wildman–Crippen LogP) is 0.808. The molecule has 0 aromatic heterocycles. The molecule has 2 atom stereocenters. The van der Waals surface area contributed by atoms with Gasteiger partial charge < -0.3 is 20.7 Å². The van der Waals surface area contributed by atoms with Crippen LogP contribution in [0.2, 0.25) is 0 Å². The van der Waals surface area contributed by atoms with E-state index < -0.39 is 6.09 Å². The van der Waals surface area contributed by atoms with Crippen LogP contribution in [0.3, 0.4) is 0 Å². The summed E-state index contributed by atoms with van der Waals surface area (Å²) in [5, 5.41) is 2.82. The van der Waals surface area contributed by atoms with Gasteiger partial charge in [0.2, 0.25) is 0 Å². The maximum absolute atomic E-state index is 11.8. The van der Waals surface area contributed by atoms with Crippen molar-refractivity contribution in [2.45, 2.75) is 44.2 Å². The molecule has 0 radical (unpaired) electrons. The average Bonchev–Trinajstić information content (AvgIpc) is 2.30. The van der Waals surface area contributed by atoms with E-state index in [2.05, 4.69) is 5.32 Å². The lowest BCUT2D eigenvalue weighted by Gasteiger charge is -2.40. The summed E-state index contributed by atoms with van der Waals surface area (Å²) in [6.07, 6.45) is 3.69. The maximum Gasteiger partial charge on any atom is 0.404 e. The Morgan fingerprint density at radius 2 is 2.12 bits per heavy atom. The second-order valence-corrected chi connectivity index (χ2v) is 4.61. The molecule has 1 saturated carbocycles. The molecule has 2 fully saturated rings. The number of hydrogen-bond acceptors (Lipinski definition) is 3. The Labute approximate surface area is 100 Å². The Bertz CT molecular complexity index is 308. The van der Waals surface area contributed by atoms with E-state index in [9.17, 15) is 9.59 Å². The van der Waals surface area contributed by atoms with Gasteiger partial charge in [-0.1, -0.05) is 6.42 Å². The van der Waals surface area contributed by atoms with Crippen LogP contribution < -0.4 is 11.1 Å². The lowest BCUT2D eigenvalue weighted by molar-refractivity contribution is 0.0172. The Morgan fingerprint density at radius 1 is 1.35 bits per heavy atom. The van der Waals surface area contributed by atoms with Crippen LogP contribution in [0.4, 0.5) is 9.59 Å². The number of nitrogens with two attached hydrogens (primary N) is 1. The van der Waals surface area contributed by atoms with Crippen molar-refractivity contribution in [2.75, 3.05) is 13.1 Å². The first-order valence-corrected chi connectivity index (χ1v) is 6.19. The Morgan fingerprint density at radius 3 is 2.82 bits per heavy atom. The van der Waals surface area contributed by atoms with Crippen molar-refractivity contribution in [3.63, 3.8) is 0 Å². The van der Waals surface area contributed by atoms with Crippen LogP contribution in [0.5, 0.6) is 0 Å². The zero-order valence-electron chi connectivity index (χ0n) is 9.85. The second-order valence-electron chi connectivity index (χ2n) is 4.61. The van der Waals surface area contributed by atoms with Crippen LogP contribution >= 0.6 is 0 Å². The number of primary amides is 1. The smallest absolute Gasteiger partial charge is 0.404 e. The standard InChI is InChI=1S/C11H19N3O3/c12-10(15)17-9-5-2-1-4-8(9)14-7-3-6-13-11(14)16/h8-9H,1-7H2,(H2,12,15)(H,13,16)/t8-,9-/m1/s1. The summed E-state index contributed by atoms with van der Waals surface area (Å²) in [6.45, 7) is 1.46. The van der Waals surface area contributed by atoms with Gasteiger partial charge in [0, 0.05) is 13.1 Å². The minimum Gasteiger partial charge on any atom is -0.444 e. The van der Waals surface area contributed by atoms with E-state index in [1.54, 1.807) is 4.90 Å². The highest BCUT2D eigenvalue weighted by molar-refractivity contribution is 5.75. The van der Waals surface area contributed by atoms with Gasteiger partial charge in [0.05, 0.1) is 6.04 Å². The van der Waals surface area contributed by atoms with Crippen LogP contribution in [-0.2, 0) is 4.74 Å². The van der Waals surface area contributed by atoms with Crippen LogP contribution in [0.1, 0.15) is 32.1 Å². The largest absolute Gasteiger partial charge is 0.444 e. The van der Waals surface area contributed by atoms with E-state index in [0.29, 0.717) is 0 Å². The molecule has 0 bridgehead atoms. The molecule has 96 valence electrons. The first-order valence-electron chi connectivity index (χ1n) is 6.19. The Kier molecular flexibility index (Phi) is 3.71. The maximum atomic E-state index is 11.8. The molecule has 17 heavy (non-hydrogen) atoms. The zero-order valence-corrected chi connectivity index (χ0v) is 9.85. The summed E-state index contributed by atoms with van der Waals surface area (Å²) in [4.78, 5) is 24.4. The van der Waals surface area contributed by atoms with Gasteiger partial charge in [-0.2, -0.15) is 0 Å². The van der Waals surface area contributed by atoms with Crippen LogP contribution in [-0.4, -0.2) is 42.3 Å². The number of ether oxygens (including phenoxy) is 1. The quantitative estimate of drug-likeness (QED) is 0.750. The summed E-state index contributed by atoms with van der Waals surface area (Å²) in [6, 6.07) is -0.0715. The minimum absolute atomic E-state index is 0.0171. The second kappa shape index (κ2) is 5.25. The third kappa shape index (κ3) is 2.81. The van der Waals surface area contributed by atoms with E-state index in [0.717, 1.165) is 45.2 Å². The number of rotatable bonds is 2. The van der Waals surface area contributed by atoms with Gasteiger partial charge in [0.25, 0.3) is 0 Å². The fourth-order valence-electron chi connectivity index (χ4n) is 2.68. The lowest BCUT2D eigenvalue weighted by atomic mass is 9.91. The van der Waals surface area contributed by atoms with Gasteiger partial charge in [-0.3, -0.25) is 0 Å². The van der Waals surface area contributed by atoms with Gasteiger partial charge >= 0.3 is 12.1 Å². The number of urea groups is 1. The molecule has 1 aliphatic heterocycles. The van der Waals surface area contributed by atoms with E-state index >= 15 is 0 Å². The number of nitrogens with zero attached hydrogens (tertiary/aromatic N) is 1. The third-order valence-corrected chi connectivity index (χ3v) is 3.45. The van der Waals surface area contributed by atoms with E-state index in [-0.39, 0.29) is 18.2 Å². The van der Waals surface area contributed by atoms with E-state index in [1.165, 1.54) is 0 Å². The fraction of sp³-hybridized carbons (Fsp3) is 0.818. The van der Waals surface area contributed by atoms with Gasteiger partial charge in [0.1, 0.15) is 6.10 Å². The molecule has 1 aliphatic carbocycles. The van der Waals surface area contributed by atoms with Gasteiger partial charge in [-0.25, -0.2) is 9.59 Å². The van der Waals surface area contributed by atoms with Crippen molar-refractivity contribution >= 4 is 12.1 Å². The molecule has 0 aromatic rings. The van der Waals surface area contributed by atoms with E-state index in [4.69, 9.17) is 10.5 Å². The topological polar surface area (TPSA) is 84.7 Å². The number of nitrogens with one attached hydrogen (secondary N) is 1. The SMILES string of the molecule is NC(=O)O[C@@H]1CCCC[C@H]1N1CCCNC1=O. The van der Waals surface area contributed by atoms with Crippen molar-refractivity contribution in [1.29, 1.82) is 0 Å². The third-order valence-electron chi connectivity index (χ3n) is 3.45. The average molecular weight is 241 g/mol. The number of hydrogen-bond donors (Lipinski definition) is 2. The number of carbonyl (C=O) groups excluding carboxylic acids is 2. The van der Waals surface area contributed by atoms with Crippen molar-refractivity contribution in [2.24, 2.45) is 5.73 Å². The minimum atomic E-state index is -0.751. The summed E-state index contributed by atoms with van der Waals surface area (Å²) >= 11 is 0. The zero-order chi connectivity index (χ0) is 12.3. The molecule has 3 amide bonds. The highest BCUT2D eigenvalue weighted by atomic mass is 16.6. The molecule has 2 aliphatic rings. The molecule has 6 heteroatoms. The van der Waals surface area contributed by atoms with Crippen molar-refractivity contribution in [3.8, 4) is 0 Å². The first kappa shape index (κ1) is 12.0. The van der Waals surface area contributed by atoms with Crippen LogP contribution in [0.25, 0.3) is 0 Å². The van der Waals surface area contributed by atoms with Gasteiger partial charge in [-0.15, -0.1) is 0 Å². The number of carbonyl (C=O) groups is 2. The normalized spacial score (nSPS) is 29.6. The molecule has 1 saturated heterocycles. The van der Waals surface area contributed by atoms with Crippen LogP contribution in [0, 0.1) is 0 Å². The van der Waals surface area contributed by atoms with Crippen LogP contribution in [0.15, 0.2) is 0 Å². The van der Waals surface area contributed by atoms with Crippen molar-refractivity contribution < 1.29 is 14.3 Å². The van der Waals surface area contributed by atoms with Gasteiger partial charge in [-0.05, 0) is 25.7 Å². The molecular weight excluding hydrogens is 222 g/mol. The molecule has 2 rings (SSSR count). The molecular formula is C11H19N3O3. The monoisotopic (exact) mass is 241 g/mol. The molecule has 0 aromatic carbocycles. The highest BCUT2D eigenvalue weighted by Crippen LogP contribution is 2.26. The summed E-state index contributed by atoms with van der Waals surface area (Å²) in [5.74, 6) is 0. The van der Waals surface area contributed by atoms with E-state index in [1.807, 2.05) is 0 Å². The summed E-state index contributed by atoms with van der Waals surface area (Å²) < 4.78 is 5.12. The highest BCUT2D eigenvalue weighted by Gasteiger charge is 2.35. The van der Waals surface area contributed by atoms with Crippen molar-refractivity contribution in [3.05, 3.63) is 0 Å². The number of amides is 3. The molecule has 3 N–H and O–H groups in total. The molecule has 0 spiro atoms. The van der Waals surface area contributed by atoms with Gasteiger partial charge in [0.15, 0.2) is 0 Å². The molecule has 6 nitrogen and oxygen atoms in total. The summed E-state index contributed by atoms with van der Waals surface area (Å²) in [5.41, 5.74) is 5.07. The first-order chi connectivity index (χ1) is 8.18. The Hall–Kier alpha value is -1.46. The Balaban J connectivity index is 2.04. The lowest BCUT2D eigenvalue weighted by Crippen LogP contribution is -2.56. The predicted molar refractivity (Wildman–Crippen MR) is 61.4 cm³/mol. The summed E-state index contributed by atoms with van der Waals surface area (Å²) in [7, 11) is 0. The molecule has 1 heterocycles. The fourth-order valence-corrected chi connectivity index (χ4v) is 2.68.